The van der Waals surface area contributed by atoms with Gasteiger partial charge in [-0.1, -0.05) is 30.3 Å². The summed E-state index contributed by atoms with van der Waals surface area (Å²) in [7, 11) is 0. The van der Waals surface area contributed by atoms with Crippen molar-refractivity contribution in [2.45, 2.75) is 12.5 Å². The molecule has 0 bridgehead atoms. The lowest BCUT2D eigenvalue weighted by atomic mass is 10.1. The summed E-state index contributed by atoms with van der Waals surface area (Å²) in [6.07, 6.45) is 3.44. The number of amides is 1. The van der Waals surface area contributed by atoms with E-state index in [-0.39, 0.29) is 18.6 Å². The highest BCUT2D eigenvalue weighted by molar-refractivity contribution is 5.93. The van der Waals surface area contributed by atoms with Crippen molar-refractivity contribution in [3.63, 3.8) is 0 Å². The molecule has 0 saturated carbocycles. The summed E-state index contributed by atoms with van der Waals surface area (Å²) in [5.74, 6) is -0.259. The van der Waals surface area contributed by atoms with Gasteiger partial charge in [-0.25, -0.2) is 0 Å². The van der Waals surface area contributed by atoms with Crippen molar-refractivity contribution in [2.75, 3.05) is 6.61 Å². The van der Waals surface area contributed by atoms with Crippen molar-refractivity contribution in [2.24, 2.45) is 0 Å². The molecule has 1 atom stereocenters. The van der Waals surface area contributed by atoms with Crippen LogP contribution in [0.5, 0.6) is 0 Å². The molecule has 5 nitrogen and oxygen atoms in total. The molecular weight excluding hydrogens is 242 g/mol. The van der Waals surface area contributed by atoms with Crippen molar-refractivity contribution in [1.29, 1.82) is 0 Å². The van der Waals surface area contributed by atoms with Gasteiger partial charge >= 0.3 is 0 Å². The second kappa shape index (κ2) is 6.61. The first-order valence-corrected chi connectivity index (χ1v) is 6.02. The molecule has 19 heavy (non-hydrogen) atoms. The number of carbonyl (C=O) groups is 1. The molecule has 1 amide bonds. The molecule has 5 heteroatoms. The monoisotopic (exact) mass is 257 g/mol. The first kappa shape index (κ1) is 13.2. The zero-order valence-corrected chi connectivity index (χ0v) is 10.4. The van der Waals surface area contributed by atoms with Gasteiger partial charge in [0.05, 0.1) is 30.6 Å². The zero-order chi connectivity index (χ0) is 13.5. The summed E-state index contributed by atoms with van der Waals surface area (Å²) >= 11 is 0. The maximum Gasteiger partial charge on any atom is 0.253 e. The van der Waals surface area contributed by atoms with Gasteiger partial charge in [0.15, 0.2) is 0 Å². The summed E-state index contributed by atoms with van der Waals surface area (Å²) in [5, 5.41) is 19.4. The lowest BCUT2D eigenvalue weighted by Crippen LogP contribution is -2.39. The van der Waals surface area contributed by atoms with E-state index in [2.05, 4.69) is 15.5 Å². The van der Waals surface area contributed by atoms with Crippen molar-refractivity contribution in [3.8, 4) is 0 Å². The van der Waals surface area contributed by atoms with E-state index < -0.39 is 0 Å². The van der Waals surface area contributed by atoms with Gasteiger partial charge in [0, 0.05) is 0 Å². The van der Waals surface area contributed by atoms with E-state index in [1.807, 2.05) is 30.3 Å². The molecule has 0 unspecified atom stereocenters. The average molecular weight is 257 g/mol. The van der Waals surface area contributed by atoms with Crippen molar-refractivity contribution in [1.82, 2.24) is 15.5 Å². The maximum absolute atomic E-state index is 11.9. The number of aromatic nitrogens is 2. The van der Waals surface area contributed by atoms with Crippen LogP contribution in [0.25, 0.3) is 0 Å². The van der Waals surface area contributed by atoms with Gasteiger partial charge in [-0.2, -0.15) is 10.2 Å². The summed E-state index contributed by atoms with van der Waals surface area (Å²) < 4.78 is 0. The van der Waals surface area contributed by atoms with Gasteiger partial charge < -0.3 is 10.4 Å². The third-order valence-corrected chi connectivity index (χ3v) is 2.73. The predicted octanol–water partition coefficient (Wildman–Crippen LogP) is 0.810. The fraction of sp³-hybridized carbons (Fsp3) is 0.214. The molecule has 2 N–H and O–H groups in total. The normalized spacial score (nSPS) is 11.8. The standard InChI is InChI=1S/C14H15N3O2/c18-10-13(8-11-4-2-1-3-5-11)17-14(19)12-6-7-15-16-9-12/h1-7,9,13,18H,8,10H2,(H,17,19)/t13-/m1/s1. The van der Waals surface area contributed by atoms with E-state index in [1.54, 1.807) is 6.07 Å². The number of benzene rings is 1. The van der Waals surface area contributed by atoms with E-state index in [1.165, 1.54) is 12.4 Å². The third-order valence-electron chi connectivity index (χ3n) is 2.73. The maximum atomic E-state index is 11.9. The SMILES string of the molecule is O=C(N[C@@H](CO)Cc1ccccc1)c1ccnnc1. The second-order valence-electron chi connectivity index (χ2n) is 4.17. The summed E-state index contributed by atoms with van der Waals surface area (Å²) in [4.78, 5) is 11.9. The average Bonchev–Trinajstić information content (AvgIpc) is 2.48. The summed E-state index contributed by atoms with van der Waals surface area (Å²) in [6.45, 7) is -0.112. The van der Waals surface area contributed by atoms with E-state index in [4.69, 9.17) is 0 Å². The van der Waals surface area contributed by atoms with Crippen LogP contribution in [0.3, 0.4) is 0 Å². The number of rotatable bonds is 5. The lowest BCUT2D eigenvalue weighted by molar-refractivity contribution is 0.0916. The molecule has 0 spiro atoms. The number of hydrogen-bond donors (Lipinski definition) is 2. The molecule has 0 saturated heterocycles. The molecule has 0 fully saturated rings. The molecule has 2 rings (SSSR count). The third kappa shape index (κ3) is 3.86. The number of nitrogens with one attached hydrogen (secondary N) is 1. The molecule has 0 aliphatic heterocycles. The van der Waals surface area contributed by atoms with Crippen LogP contribution in [0.15, 0.2) is 48.8 Å². The minimum absolute atomic E-state index is 0.112. The molecule has 1 aromatic carbocycles. The summed E-state index contributed by atoms with van der Waals surface area (Å²) in [5.41, 5.74) is 1.50. The van der Waals surface area contributed by atoms with E-state index >= 15 is 0 Å². The van der Waals surface area contributed by atoms with Gasteiger partial charge in [0.2, 0.25) is 0 Å². The van der Waals surface area contributed by atoms with Crippen LogP contribution in [-0.4, -0.2) is 33.9 Å². The van der Waals surface area contributed by atoms with Crippen LogP contribution in [0.4, 0.5) is 0 Å². The van der Waals surface area contributed by atoms with Gasteiger partial charge in [0.1, 0.15) is 0 Å². The number of carbonyl (C=O) groups excluding carboxylic acids is 1. The van der Waals surface area contributed by atoms with Gasteiger partial charge in [-0.15, -0.1) is 0 Å². The number of aliphatic hydroxyl groups is 1. The van der Waals surface area contributed by atoms with Crippen LogP contribution in [0.2, 0.25) is 0 Å². The quantitative estimate of drug-likeness (QED) is 0.831. The Morgan fingerprint density at radius 2 is 2.00 bits per heavy atom. The smallest absolute Gasteiger partial charge is 0.253 e. The first-order valence-electron chi connectivity index (χ1n) is 6.02. The van der Waals surface area contributed by atoms with Crippen LogP contribution in [-0.2, 0) is 6.42 Å². The lowest BCUT2D eigenvalue weighted by Gasteiger charge is -2.16. The topological polar surface area (TPSA) is 75.1 Å². The highest BCUT2D eigenvalue weighted by Gasteiger charge is 2.13. The molecular formula is C14H15N3O2. The Morgan fingerprint density at radius 1 is 1.21 bits per heavy atom. The van der Waals surface area contributed by atoms with Crippen LogP contribution in [0.1, 0.15) is 15.9 Å². The Balaban J connectivity index is 1.98. The Labute approximate surface area is 111 Å². The van der Waals surface area contributed by atoms with E-state index in [9.17, 15) is 9.90 Å². The molecule has 0 aliphatic carbocycles. The number of hydrogen-bond acceptors (Lipinski definition) is 4. The minimum Gasteiger partial charge on any atom is -0.394 e. The van der Waals surface area contributed by atoms with Crippen molar-refractivity contribution < 1.29 is 9.90 Å². The van der Waals surface area contributed by atoms with Crippen LogP contribution < -0.4 is 5.32 Å². The molecule has 0 aliphatic rings. The Hall–Kier alpha value is -2.27. The highest BCUT2D eigenvalue weighted by atomic mass is 16.3. The van der Waals surface area contributed by atoms with Crippen LogP contribution in [0, 0.1) is 0 Å². The fourth-order valence-corrected chi connectivity index (χ4v) is 1.75. The molecule has 2 aromatic rings. The molecule has 1 heterocycles. The minimum atomic E-state index is -0.317. The Kier molecular flexibility index (Phi) is 4.58. The fourth-order valence-electron chi connectivity index (χ4n) is 1.75. The summed E-state index contributed by atoms with van der Waals surface area (Å²) in [6, 6.07) is 11.0. The number of aliphatic hydroxyl groups excluding tert-OH is 1. The largest absolute Gasteiger partial charge is 0.394 e. The van der Waals surface area contributed by atoms with Gasteiger partial charge in [-0.05, 0) is 18.1 Å². The van der Waals surface area contributed by atoms with Gasteiger partial charge in [0.25, 0.3) is 5.91 Å². The van der Waals surface area contributed by atoms with E-state index in [0.717, 1.165) is 5.56 Å². The predicted molar refractivity (Wildman–Crippen MR) is 70.5 cm³/mol. The highest BCUT2D eigenvalue weighted by Crippen LogP contribution is 2.04. The van der Waals surface area contributed by atoms with E-state index in [0.29, 0.717) is 12.0 Å². The first-order chi connectivity index (χ1) is 9.29. The molecule has 0 radical (unpaired) electrons. The Morgan fingerprint density at radius 3 is 2.63 bits per heavy atom. The number of nitrogens with zero attached hydrogens (tertiary/aromatic N) is 2. The van der Waals surface area contributed by atoms with Gasteiger partial charge in [-0.3, -0.25) is 4.79 Å². The van der Waals surface area contributed by atoms with Crippen molar-refractivity contribution in [3.05, 3.63) is 59.9 Å². The molecule has 98 valence electrons. The van der Waals surface area contributed by atoms with Crippen molar-refractivity contribution >= 4 is 5.91 Å². The van der Waals surface area contributed by atoms with Crippen LogP contribution >= 0.6 is 0 Å². The zero-order valence-electron chi connectivity index (χ0n) is 10.4. The molecule has 1 aromatic heterocycles. The second-order valence-corrected chi connectivity index (χ2v) is 4.17. The Bertz CT molecular complexity index is 517.